The first-order valence-electron chi connectivity index (χ1n) is 6.57. The van der Waals surface area contributed by atoms with Gasteiger partial charge in [0.05, 0.1) is 5.52 Å². The summed E-state index contributed by atoms with van der Waals surface area (Å²) < 4.78 is 16.9. The molecule has 2 rings (SSSR count). The van der Waals surface area contributed by atoms with E-state index in [1.54, 1.807) is 18.2 Å². The summed E-state index contributed by atoms with van der Waals surface area (Å²) in [7, 11) is -0.981. The molecule has 0 aliphatic carbocycles. The van der Waals surface area contributed by atoms with Crippen molar-refractivity contribution in [2.75, 3.05) is 12.3 Å². The minimum Gasteiger partial charge on any atom is -0.429 e. The van der Waals surface area contributed by atoms with E-state index in [0.717, 1.165) is 5.52 Å². The van der Waals surface area contributed by atoms with Gasteiger partial charge < -0.3 is 14.7 Å². The van der Waals surface area contributed by atoms with E-state index in [1.807, 2.05) is 20.8 Å². The van der Waals surface area contributed by atoms with Crippen LogP contribution < -0.4 is 5.32 Å². The summed E-state index contributed by atoms with van der Waals surface area (Å²) in [6, 6.07) is 5.08. The molecule has 1 heterocycles. The maximum atomic E-state index is 12.0. The Bertz CT molecular complexity index is 740. The molecule has 1 amide bonds. The molecule has 0 bridgehead atoms. The lowest BCUT2D eigenvalue weighted by atomic mass is 10.2. The zero-order valence-corrected chi connectivity index (χ0v) is 13.8. The molecule has 2 aromatic rings. The fourth-order valence-electron chi connectivity index (χ4n) is 1.75. The smallest absolute Gasteiger partial charge is 0.266 e. The van der Waals surface area contributed by atoms with Crippen molar-refractivity contribution in [3.63, 3.8) is 0 Å². The summed E-state index contributed by atoms with van der Waals surface area (Å²) in [5.74, 6) is 0.215. The number of rotatable bonds is 4. The summed E-state index contributed by atoms with van der Waals surface area (Å²) >= 11 is 4.90. The second-order valence-electron chi connectivity index (χ2n) is 5.64. The van der Waals surface area contributed by atoms with Gasteiger partial charge >= 0.3 is 0 Å². The van der Waals surface area contributed by atoms with Crippen molar-refractivity contribution in [3.05, 3.63) is 28.6 Å². The normalized spacial score (nSPS) is 13.3. The van der Waals surface area contributed by atoms with E-state index in [2.05, 4.69) is 10.3 Å². The van der Waals surface area contributed by atoms with Crippen molar-refractivity contribution in [3.8, 4) is 0 Å². The van der Waals surface area contributed by atoms with Crippen LogP contribution in [0.2, 0.25) is 0 Å². The third-order valence-corrected chi connectivity index (χ3v) is 5.07. The van der Waals surface area contributed by atoms with Crippen LogP contribution in [0.25, 0.3) is 11.1 Å². The largest absolute Gasteiger partial charge is 0.429 e. The van der Waals surface area contributed by atoms with Crippen LogP contribution in [0.4, 0.5) is 0 Å². The molecule has 0 fully saturated rings. The van der Waals surface area contributed by atoms with Crippen molar-refractivity contribution in [1.29, 1.82) is 0 Å². The number of amides is 1. The van der Waals surface area contributed by atoms with Crippen molar-refractivity contribution in [2.24, 2.45) is 0 Å². The second kappa shape index (κ2) is 6.11. The van der Waals surface area contributed by atoms with Gasteiger partial charge in [0.25, 0.3) is 10.7 Å². The number of aromatic nitrogens is 1. The Kier molecular flexibility index (Phi) is 4.63. The van der Waals surface area contributed by atoms with Crippen molar-refractivity contribution < 1.29 is 13.4 Å². The van der Waals surface area contributed by atoms with Crippen molar-refractivity contribution in [2.45, 2.75) is 25.5 Å². The standard InChI is InChI=1S/C14H18N2O3S2/c1-14(2,3)21(18)7-6-15-12(17)9-4-5-10-11(8-9)19-13(20)16-10/h4-5,8H,6-7H2,1-3H3,(H,15,17)(H,16,20)/t21-/m1/s1. The fraction of sp³-hybridized carbons (Fsp3) is 0.429. The summed E-state index contributed by atoms with van der Waals surface area (Å²) in [5, 5.41) is 2.76. The summed E-state index contributed by atoms with van der Waals surface area (Å²) in [4.78, 5) is 15.2. The number of carbonyl (C=O) groups excluding carboxylic acids is 1. The van der Waals surface area contributed by atoms with Gasteiger partial charge in [-0.1, -0.05) is 0 Å². The van der Waals surface area contributed by atoms with Gasteiger partial charge in [-0.25, -0.2) is 0 Å². The van der Waals surface area contributed by atoms with E-state index < -0.39 is 10.8 Å². The van der Waals surface area contributed by atoms with E-state index in [9.17, 15) is 9.00 Å². The maximum absolute atomic E-state index is 12.0. The molecule has 0 saturated heterocycles. The SMILES string of the molecule is CC(C)(C)[S@](=O)CCNC(=O)c1ccc2[nH]c(=S)oc2c1. The van der Waals surface area contributed by atoms with Gasteiger partial charge in [0.15, 0.2) is 5.58 Å². The summed E-state index contributed by atoms with van der Waals surface area (Å²) in [6.07, 6.45) is 0. The van der Waals surface area contributed by atoms with E-state index in [4.69, 9.17) is 16.6 Å². The van der Waals surface area contributed by atoms with Crippen LogP contribution in [-0.4, -0.2) is 32.1 Å². The minimum absolute atomic E-state index is 0.217. The Morgan fingerprint density at radius 1 is 1.43 bits per heavy atom. The number of oxazole rings is 1. The maximum Gasteiger partial charge on any atom is 0.266 e. The minimum atomic E-state index is -0.981. The van der Waals surface area contributed by atoms with Gasteiger partial charge in [-0.2, -0.15) is 0 Å². The topological polar surface area (TPSA) is 75.1 Å². The molecule has 0 aliphatic heterocycles. The number of hydrogen-bond acceptors (Lipinski definition) is 4. The quantitative estimate of drug-likeness (QED) is 0.847. The lowest BCUT2D eigenvalue weighted by molar-refractivity contribution is 0.0956. The highest BCUT2D eigenvalue weighted by molar-refractivity contribution is 7.86. The molecule has 0 aliphatic rings. The van der Waals surface area contributed by atoms with Gasteiger partial charge in [0.2, 0.25) is 0 Å². The predicted octanol–water partition coefficient (Wildman–Crippen LogP) is 2.77. The number of fused-ring (bicyclic) bond motifs is 1. The van der Waals surface area contributed by atoms with Gasteiger partial charge in [-0.05, 0) is 51.2 Å². The van der Waals surface area contributed by atoms with Gasteiger partial charge in [0, 0.05) is 33.4 Å². The summed E-state index contributed by atoms with van der Waals surface area (Å²) in [5.41, 5.74) is 1.79. The van der Waals surface area contributed by atoms with Crippen LogP contribution in [0.3, 0.4) is 0 Å². The highest BCUT2D eigenvalue weighted by Gasteiger charge is 2.19. The number of carbonyl (C=O) groups is 1. The molecule has 0 saturated carbocycles. The van der Waals surface area contributed by atoms with Crippen LogP contribution in [0.1, 0.15) is 31.1 Å². The molecule has 0 unspecified atom stereocenters. The van der Waals surface area contributed by atoms with Crippen LogP contribution in [0, 0.1) is 4.84 Å². The lowest BCUT2D eigenvalue weighted by Crippen LogP contribution is -2.32. The Balaban J connectivity index is 1.99. The first kappa shape index (κ1) is 15.9. The third kappa shape index (κ3) is 4.01. The Morgan fingerprint density at radius 3 is 2.81 bits per heavy atom. The molecule has 2 N–H and O–H groups in total. The van der Waals surface area contributed by atoms with Crippen LogP contribution in [0.15, 0.2) is 22.6 Å². The number of aromatic amines is 1. The van der Waals surface area contributed by atoms with Gasteiger partial charge in [0.1, 0.15) is 0 Å². The Hall–Kier alpha value is -1.47. The molecule has 5 nitrogen and oxygen atoms in total. The first-order valence-corrected chi connectivity index (χ1v) is 8.29. The molecule has 21 heavy (non-hydrogen) atoms. The summed E-state index contributed by atoms with van der Waals surface area (Å²) in [6.45, 7) is 6.12. The van der Waals surface area contributed by atoms with Crippen molar-refractivity contribution in [1.82, 2.24) is 10.3 Å². The molecule has 114 valence electrons. The van der Waals surface area contributed by atoms with Crippen LogP contribution in [-0.2, 0) is 10.8 Å². The van der Waals surface area contributed by atoms with E-state index in [0.29, 0.717) is 23.4 Å². The molecule has 1 aromatic carbocycles. The zero-order valence-electron chi connectivity index (χ0n) is 12.2. The molecule has 1 atom stereocenters. The molecular formula is C14H18N2O3S2. The molecule has 7 heteroatoms. The number of nitrogens with one attached hydrogen (secondary N) is 2. The average molecular weight is 326 g/mol. The van der Waals surface area contributed by atoms with Crippen molar-refractivity contribution >= 4 is 40.0 Å². The van der Waals surface area contributed by atoms with Gasteiger partial charge in [-0.3, -0.25) is 9.00 Å². The Morgan fingerprint density at radius 2 is 2.14 bits per heavy atom. The predicted molar refractivity (Wildman–Crippen MR) is 86.5 cm³/mol. The van der Waals surface area contributed by atoms with Crippen LogP contribution >= 0.6 is 12.2 Å². The highest BCUT2D eigenvalue weighted by Crippen LogP contribution is 2.15. The third-order valence-electron chi connectivity index (χ3n) is 2.94. The number of benzene rings is 1. The van der Waals surface area contributed by atoms with E-state index in [-0.39, 0.29) is 15.5 Å². The van der Waals surface area contributed by atoms with Gasteiger partial charge in [-0.15, -0.1) is 0 Å². The second-order valence-corrected chi connectivity index (χ2v) is 8.34. The highest BCUT2D eigenvalue weighted by atomic mass is 32.2. The fourth-order valence-corrected chi connectivity index (χ4v) is 2.85. The van der Waals surface area contributed by atoms with E-state index in [1.165, 1.54) is 0 Å². The first-order chi connectivity index (χ1) is 9.77. The molecule has 1 aromatic heterocycles. The lowest BCUT2D eigenvalue weighted by Gasteiger charge is -2.17. The van der Waals surface area contributed by atoms with Crippen LogP contribution in [0.5, 0.6) is 0 Å². The number of H-pyrrole nitrogens is 1. The van der Waals surface area contributed by atoms with E-state index >= 15 is 0 Å². The average Bonchev–Trinajstić information content (AvgIpc) is 2.76. The molecular weight excluding hydrogens is 308 g/mol. The number of hydrogen-bond donors (Lipinski definition) is 2. The monoisotopic (exact) mass is 326 g/mol. The Labute approximate surface area is 130 Å². The molecule has 0 spiro atoms. The zero-order chi connectivity index (χ0) is 15.6. The molecule has 0 radical (unpaired) electrons.